The fourth-order valence-corrected chi connectivity index (χ4v) is 5.00. The summed E-state index contributed by atoms with van der Waals surface area (Å²) < 4.78 is 0. The molecule has 2 unspecified atom stereocenters. The van der Waals surface area contributed by atoms with Crippen LogP contribution in [0.1, 0.15) is 51.0 Å². The van der Waals surface area contributed by atoms with Crippen molar-refractivity contribution in [2.24, 2.45) is 5.73 Å². The number of halogens is 1. The van der Waals surface area contributed by atoms with E-state index < -0.39 is 53.6 Å². The van der Waals surface area contributed by atoms with Gasteiger partial charge in [0.05, 0.1) is 24.2 Å². The number of primary amides is 1. The number of carbonyl (C=O) groups is 4. The Kier molecular flexibility index (Phi) is 11.3. The number of benzene rings is 1. The van der Waals surface area contributed by atoms with Crippen LogP contribution in [0.15, 0.2) is 30.3 Å². The summed E-state index contributed by atoms with van der Waals surface area (Å²) >= 11 is 0. The number of nitrogens with two attached hydrogens (primary N) is 1. The first-order valence-electron chi connectivity index (χ1n) is 12.5. The Morgan fingerprint density at radius 2 is 1.89 bits per heavy atom. The molecule has 206 valence electrons. The molecule has 2 heterocycles. The molecule has 0 aromatic heterocycles. The number of carboxylic acid groups (broad SMARTS) is 1. The third-order valence-electron chi connectivity index (χ3n) is 6.91. The number of aliphatic hydroxyl groups is 1. The van der Waals surface area contributed by atoms with Crippen molar-refractivity contribution >= 4 is 36.1 Å². The van der Waals surface area contributed by atoms with Crippen molar-refractivity contribution in [2.45, 2.75) is 81.8 Å². The summed E-state index contributed by atoms with van der Waals surface area (Å²) in [6, 6.07) is 5.99. The van der Waals surface area contributed by atoms with Gasteiger partial charge in [0, 0.05) is 6.54 Å². The zero-order valence-electron chi connectivity index (χ0n) is 21.0. The molecule has 3 amide bonds. The SMILES string of the molecule is CC1(N[C@@H](CC(N)=O)C(=O)N[C@@H](Cc2ccccc2)C(O)C(=O)N2CCC[C@H]2C(=O)O)CCCCN1.Cl. The Morgan fingerprint density at radius 1 is 1.19 bits per heavy atom. The average Bonchev–Trinajstić information content (AvgIpc) is 3.33. The van der Waals surface area contributed by atoms with Gasteiger partial charge in [-0.1, -0.05) is 30.3 Å². The molecular weight excluding hydrogens is 502 g/mol. The second-order valence-electron chi connectivity index (χ2n) is 9.86. The Labute approximate surface area is 222 Å². The summed E-state index contributed by atoms with van der Waals surface area (Å²) in [6.07, 6.45) is 1.71. The Bertz CT molecular complexity index is 943. The van der Waals surface area contributed by atoms with Gasteiger partial charge in [0.2, 0.25) is 11.8 Å². The van der Waals surface area contributed by atoms with E-state index in [-0.39, 0.29) is 31.8 Å². The molecule has 2 aliphatic heterocycles. The van der Waals surface area contributed by atoms with Gasteiger partial charge in [-0.25, -0.2) is 4.79 Å². The van der Waals surface area contributed by atoms with E-state index in [2.05, 4.69) is 16.0 Å². The van der Waals surface area contributed by atoms with Gasteiger partial charge in [0.15, 0.2) is 6.10 Å². The molecular formula is C25H38ClN5O6. The maximum Gasteiger partial charge on any atom is 0.326 e. The molecule has 0 aliphatic carbocycles. The van der Waals surface area contributed by atoms with Crippen LogP contribution in [0.3, 0.4) is 0 Å². The molecule has 2 fully saturated rings. The van der Waals surface area contributed by atoms with Crippen molar-refractivity contribution in [1.82, 2.24) is 20.9 Å². The van der Waals surface area contributed by atoms with E-state index in [1.54, 1.807) is 24.3 Å². The predicted octanol–water partition coefficient (Wildman–Crippen LogP) is -0.104. The van der Waals surface area contributed by atoms with Gasteiger partial charge in [0.25, 0.3) is 5.91 Å². The molecule has 5 atom stereocenters. The molecule has 3 rings (SSSR count). The van der Waals surface area contributed by atoms with Crippen molar-refractivity contribution in [1.29, 1.82) is 0 Å². The molecule has 0 saturated carbocycles. The minimum Gasteiger partial charge on any atom is -0.480 e. The van der Waals surface area contributed by atoms with E-state index in [0.29, 0.717) is 12.8 Å². The van der Waals surface area contributed by atoms with E-state index in [1.165, 1.54) is 0 Å². The van der Waals surface area contributed by atoms with Gasteiger partial charge in [0.1, 0.15) is 6.04 Å². The lowest BCUT2D eigenvalue weighted by Gasteiger charge is -2.39. The molecule has 1 aromatic rings. The van der Waals surface area contributed by atoms with E-state index in [9.17, 15) is 29.4 Å². The number of carboxylic acids is 1. The summed E-state index contributed by atoms with van der Waals surface area (Å²) in [5.74, 6) is -3.12. The number of hydrogen-bond donors (Lipinski definition) is 6. The van der Waals surface area contributed by atoms with Crippen LogP contribution < -0.4 is 21.7 Å². The Hall–Kier alpha value is -2.73. The van der Waals surface area contributed by atoms with E-state index in [1.807, 2.05) is 13.0 Å². The van der Waals surface area contributed by atoms with Crippen molar-refractivity contribution in [3.63, 3.8) is 0 Å². The van der Waals surface area contributed by atoms with Crippen LogP contribution in [0.25, 0.3) is 0 Å². The number of nitrogens with zero attached hydrogens (tertiary/aromatic N) is 1. The van der Waals surface area contributed by atoms with Crippen molar-refractivity contribution in [3.8, 4) is 0 Å². The van der Waals surface area contributed by atoms with E-state index in [0.717, 1.165) is 36.3 Å². The standard InChI is InChI=1S/C25H37N5O6.ClH/c1-25(11-5-6-12-27-25)29-18(15-20(26)31)22(33)28-17(14-16-8-3-2-4-9-16)21(32)23(34)30-13-7-10-19(30)24(35)36;/h2-4,8-9,17-19,21,27,29,32H,5-7,10-15H2,1H3,(H2,26,31)(H,28,33)(H,35,36);1H/t17-,18-,19-,21?,25?;/m0./s1. The molecule has 2 saturated heterocycles. The minimum absolute atomic E-state index is 0. The number of aliphatic carboxylic acids is 1. The second kappa shape index (κ2) is 13.7. The van der Waals surface area contributed by atoms with Crippen LogP contribution in [-0.2, 0) is 25.6 Å². The smallest absolute Gasteiger partial charge is 0.326 e. The summed E-state index contributed by atoms with van der Waals surface area (Å²) in [4.78, 5) is 51.0. The minimum atomic E-state index is -1.67. The third-order valence-corrected chi connectivity index (χ3v) is 6.91. The molecule has 2 aliphatic rings. The van der Waals surface area contributed by atoms with Gasteiger partial charge in [-0.15, -0.1) is 12.4 Å². The quantitative estimate of drug-likeness (QED) is 0.226. The zero-order valence-corrected chi connectivity index (χ0v) is 21.8. The number of likely N-dealkylation sites (tertiary alicyclic amines) is 1. The highest BCUT2D eigenvalue weighted by Gasteiger charge is 2.40. The molecule has 0 bridgehead atoms. The molecule has 37 heavy (non-hydrogen) atoms. The lowest BCUT2D eigenvalue weighted by atomic mass is 9.96. The first-order chi connectivity index (χ1) is 17.1. The predicted molar refractivity (Wildman–Crippen MR) is 139 cm³/mol. The number of carbonyl (C=O) groups excluding carboxylic acids is 3. The Balaban J connectivity index is 0.00000481. The summed E-state index contributed by atoms with van der Waals surface area (Å²) in [5.41, 5.74) is 5.61. The molecule has 0 spiro atoms. The first kappa shape index (κ1) is 30.5. The number of aliphatic hydroxyl groups excluding tert-OH is 1. The third kappa shape index (κ3) is 8.39. The molecule has 7 N–H and O–H groups in total. The van der Waals surface area contributed by atoms with Gasteiger partial charge in [-0.05, 0) is 57.6 Å². The zero-order chi connectivity index (χ0) is 26.3. The number of hydrogen-bond acceptors (Lipinski definition) is 7. The number of nitrogens with one attached hydrogen (secondary N) is 3. The topological polar surface area (TPSA) is 174 Å². The number of rotatable bonds is 11. The van der Waals surface area contributed by atoms with Crippen molar-refractivity contribution in [2.75, 3.05) is 13.1 Å². The van der Waals surface area contributed by atoms with Gasteiger partial charge < -0.3 is 26.2 Å². The van der Waals surface area contributed by atoms with Gasteiger partial charge >= 0.3 is 5.97 Å². The average molecular weight is 540 g/mol. The first-order valence-corrected chi connectivity index (χ1v) is 12.5. The van der Waals surface area contributed by atoms with Crippen LogP contribution in [0.2, 0.25) is 0 Å². The fraction of sp³-hybridized carbons (Fsp3) is 0.600. The van der Waals surface area contributed by atoms with Crippen LogP contribution in [-0.4, -0.2) is 81.8 Å². The maximum absolute atomic E-state index is 13.4. The Morgan fingerprint density at radius 3 is 2.49 bits per heavy atom. The number of amides is 3. The van der Waals surface area contributed by atoms with Crippen molar-refractivity contribution in [3.05, 3.63) is 35.9 Å². The van der Waals surface area contributed by atoms with E-state index in [4.69, 9.17) is 5.73 Å². The highest BCUT2D eigenvalue weighted by molar-refractivity contribution is 5.90. The van der Waals surface area contributed by atoms with Crippen LogP contribution in [0, 0.1) is 0 Å². The normalized spacial score (nSPS) is 23.8. The molecule has 0 radical (unpaired) electrons. The molecule has 12 heteroatoms. The van der Waals surface area contributed by atoms with E-state index >= 15 is 0 Å². The highest BCUT2D eigenvalue weighted by atomic mass is 35.5. The van der Waals surface area contributed by atoms with Crippen LogP contribution in [0.5, 0.6) is 0 Å². The summed E-state index contributed by atoms with van der Waals surface area (Å²) in [7, 11) is 0. The monoisotopic (exact) mass is 539 g/mol. The molecule has 11 nitrogen and oxygen atoms in total. The van der Waals surface area contributed by atoms with Gasteiger partial charge in [-0.2, -0.15) is 0 Å². The summed E-state index contributed by atoms with van der Waals surface area (Å²) in [5, 5.41) is 29.8. The number of piperidine rings is 1. The highest BCUT2D eigenvalue weighted by Crippen LogP contribution is 2.21. The van der Waals surface area contributed by atoms with Gasteiger partial charge in [-0.3, -0.25) is 25.0 Å². The lowest BCUT2D eigenvalue weighted by molar-refractivity contribution is -0.153. The van der Waals surface area contributed by atoms with Crippen LogP contribution >= 0.6 is 12.4 Å². The summed E-state index contributed by atoms with van der Waals surface area (Å²) in [6.45, 7) is 2.89. The van der Waals surface area contributed by atoms with Crippen molar-refractivity contribution < 1.29 is 29.4 Å². The van der Waals surface area contributed by atoms with Crippen LogP contribution in [0.4, 0.5) is 0 Å². The lowest BCUT2D eigenvalue weighted by Crippen LogP contribution is -2.64. The molecule has 1 aromatic carbocycles. The second-order valence-corrected chi connectivity index (χ2v) is 9.86. The fourth-order valence-electron chi connectivity index (χ4n) is 5.00. The largest absolute Gasteiger partial charge is 0.480 e. The maximum atomic E-state index is 13.4.